The zero-order valence-corrected chi connectivity index (χ0v) is 8.40. The molecule has 0 fully saturated rings. The second-order valence-corrected chi connectivity index (χ2v) is 3.19. The van der Waals surface area contributed by atoms with E-state index in [0.29, 0.717) is 0 Å². The van der Waals surface area contributed by atoms with Gasteiger partial charge in [0, 0.05) is 0 Å². The lowest BCUT2D eigenvalue weighted by Gasteiger charge is -2.08. The van der Waals surface area contributed by atoms with Crippen LogP contribution in [0.2, 0.25) is 0 Å². The number of carbonyl (C=O) groups is 1. The smallest absolute Gasteiger partial charge is 0.432 e. The van der Waals surface area contributed by atoms with Crippen molar-refractivity contribution in [3.8, 4) is 0 Å². The van der Waals surface area contributed by atoms with Gasteiger partial charge in [-0.2, -0.15) is 0 Å². The van der Waals surface area contributed by atoms with Crippen LogP contribution in [0.5, 0.6) is 0 Å². The molecule has 0 aliphatic rings. The largest absolute Gasteiger partial charge is 0.508 e. The molecule has 14 heavy (non-hydrogen) atoms. The normalized spacial score (nSPS) is 9.93. The molecular weight excluding hydrogens is 180 g/mol. The Labute approximate surface area is 83.6 Å². The van der Waals surface area contributed by atoms with Gasteiger partial charge in [0.1, 0.15) is 6.61 Å². The van der Waals surface area contributed by atoms with Gasteiger partial charge in [-0.1, -0.05) is 30.3 Å². The lowest BCUT2D eigenvalue weighted by molar-refractivity contribution is 0.0298. The summed E-state index contributed by atoms with van der Waals surface area (Å²) in [4.78, 5) is 11.0. The van der Waals surface area contributed by atoms with Crippen LogP contribution in [0, 0.1) is 0 Å². The predicted molar refractivity (Wildman–Crippen MR) is 52.8 cm³/mol. The van der Waals surface area contributed by atoms with Crippen molar-refractivity contribution in [1.29, 1.82) is 0 Å². The van der Waals surface area contributed by atoms with Crippen molar-refractivity contribution in [2.45, 2.75) is 26.6 Å². The molecule has 76 valence electrons. The van der Waals surface area contributed by atoms with Crippen molar-refractivity contribution in [2.24, 2.45) is 0 Å². The molecule has 0 atom stereocenters. The molecule has 0 heterocycles. The molecule has 0 bridgehead atoms. The topological polar surface area (TPSA) is 35.5 Å². The summed E-state index contributed by atoms with van der Waals surface area (Å²) in [5.74, 6) is 0. The third-order valence-electron chi connectivity index (χ3n) is 1.53. The molecule has 1 aromatic carbocycles. The van der Waals surface area contributed by atoms with E-state index in [4.69, 9.17) is 9.47 Å². The average Bonchev–Trinajstić information content (AvgIpc) is 2.15. The van der Waals surface area contributed by atoms with Crippen LogP contribution in [0.25, 0.3) is 0 Å². The molecule has 0 unspecified atom stereocenters. The number of carbonyl (C=O) groups excluding carboxylic acids is 1. The Balaban J connectivity index is 2.31. The van der Waals surface area contributed by atoms with Crippen molar-refractivity contribution in [2.75, 3.05) is 0 Å². The van der Waals surface area contributed by atoms with Crippen molar-refractivity contribution < 1.29 is 14.3 Å². The maximum Gasteiger partial charge on any atom is 0.508 e. The molecule has 0 aliphatic heterocycles. The highest BCUT2D eigenvalue weighted by Crippen LogP contribution is 2.02. The van der Waals surface area contributed by atoms with Crippen molar-refractivity contribution >= 4 is 6.16 Å². The maximum atomic E-state index is 11.0. The highest BCUT2D eigenvalue weighted by molar-refractivity contribution is 5.60. The molecule has 0 aromatic heterocycles. The molecule has 3 nitrogen and oxygen atoms in total. The first-order valence-corrected chi connectivity index (χ1v) is 4.56. The summed E-state index contributed by atoms with van der Waals surface area (Å²) < 4.78 is 9.69. The predicted octanol–water partition coefficient (Wildman–Crippen LogP) is 2.75. The minimum atomic E-state index is -0.621. The van der Waals surface area contributed by atoms with E-state index in [0.717, 1.165) is 5.56 Å². The zero-order valence-electron chi connectivity index (χ0n) is 8.40. The Bertz CT molecular complexity index is 280. The van der Waals surface area contributed by atoms with Crippen molar-refractivity contribution in [1.82, 2.24) is 0 Å². The van der Waals surface area contributed by atoms with Crippen LogP contribution in [-0.2, 0) is 16.1 Å². The van der Waals surface area contributed by atoms with Gasteiger partial charge in [0.15, 0.2) is 0 Å². The molecule has 0 saturated heterocycles. The Hall–Kier alpha value is -1.51. The molecule has 0 saturated carbocycles. The molecule has 0 aliphatic carbocycles. The number of hydrogen-bond donors (Lipinski definition) is 0. The van der Waals surface area contributed by atoms with Gasteiger partial charge in [-0.3, -0.25) is 0 Å². The van der Waals surface area contributed by atoms with E-state index in [-0.39, 0.29) is 12.7 Å². The third kappa shape index (κ3) is 3.94. The fourth-order valence-electron chi connectivity index (χ4n) is 0.943. The second kappa shape index (κ2) is 5.27. The van der Waals surface area contributed by atoms with E-state index in [1.807, 2.05) is 30.3 Å². The van der Waals surface area contributed by atoms with E-state index in [9.17, 15) is 4.79 Å². The van der Waals surface area contributed by atoms with Gasteiger partial charge in [0.2, 0.25) is 0 Å². The molecule has 0 amide bonds. The van der Waals surface area contributed by atoms with Crippen LogP contribution in [0.15, 0.2) is 30.3 Å². The maximum absolute atomic E-state index is 11.0. The van der Waals surface area contributed by atoms with E-state index in [1.54, 1.807) is 13.8 Å². The molecule has 3 heteroatoms. The first-order chi connectivity index (χ1) is 6.68. The Morgan fingerprint density at radius 1 is 1.29 bits per heavy atom. The Morgan fingerprint density at radius 3 is 2.50 bits per heavy atom. The minimum Gasteiger partial charge on any atom is -0.432 e. The number of hydrogen-bond acceptors (Lipinski definition) is 3. The molecule has 1 rings (SSSR count). The second-order valence-electron chi connectivity index (χ2n) is 3.19. The summed E-state index contributed by atoms with van der Waals surface area (Å²) in [5.41, 5.74) is 0.952. The highest BCUT2D eigenvalue weighted by atomic mass is 16.7. The van der Waals surface area contributed by atoms with Gasteiger partial charge in [0.25, 0.3) is 0 Å². The van der Waals surface area contributed by atoms with Gasteiger partial charge >= 0.3 is 6.16 Å². The summed E-state index contributed by atoms with van der Waals surface area (Å²) in [6.07, 6.45) is -0.762. The van der Waals surface area contributed by atoms with Crippen molar-refractivity contribution in [3.63, 3.8) is 0 Å². The van der Waals surface area contributed by atoms with Gasteiger partial charge in [-0.25, -0.2) is 4.79 Å². The fraction of sp³-hybridized carbons (Fsp3) is 0.364. The number of rotatable bonds is 3. The molecule has 0 spiro atoms. The van der Waals surface area contributed by atoms with Gasteiger partial charge in [-0.15, -0.1) is 0 Å². The Kier molecular flexibility index (Phi) is 3.98. The van der Waals surface area contributed by atoms with Crippen LogP contribution >= 0.6 is 0 Å². The SMILES string of the molecule is CC(C)OC(=O)OCc1ccccc1. The molecule has 0 radical (unpaired) electrons. The molecule has 0 N–H and O–H groups in total. The molecule has 1 aromatic rings. The van der Waals surface area contributed by atoms with E-state index in [1.165, 1.54) is 0 Å². The van der Waals surface area contributed by atoms with Crippen LogP contribution in [0.4, 0.5) is 4.79 Å². The average molecular weight is 194 g/mol. The van der Waals surface area contributed by atoms with Gasteiger partial charge in [-0.05, 0) is 19.4 Å². The van der Waals surface area contributed by atoms with Gasteiger partial charge < -0.3 is 9.47 Å². The quantitative estimate of drug-likeness (QED) is 0.694. The van der Waals surface area contributed by atoms with E-state index in [2.05, 4.69) is 0 Å². The lowest BCUT2D eigenvalue weighted by atomic mass is 10.2. The van der Waals surface area contributed by atoms with Crippen LogP contribution in [0.1, 0.15) is 19.4 Å². The number of ether oxygens (including phenoxy) is 2. The van der Waals surface area contributed by atoms with Crippen LogP contribution < -0.4 is 0 Å². The first kappa shape index (κ1) is 10.6. The monoisotopic (exact) mass is 194 g/mol. The number of benzene rings is 1. The Morgan fingerprint density at radius 2 is 1.93 bits per heavy atom. The third-order valence-corrected chi connectivity index (χ3v) is 1.53. The van der Waals surface area contributed by atoms with Crippen LogP contribution in [0.3, 0.4) is 0 Å². The highest BCUT2D eigenvalue weighted by Gasteiger charge is 2.05. The van der Waals surface area contributed by atoms with Gasteiger partial charge in [0.05, 0.1) is 6.10 Å². The zero-order chi connectivity index (χ0) is 10.4. The lowest BCUT2D eigenvalue weighted by Crippen LogP contribution is -2.12. The van der Waals surface area contributed by atoms with E-state index >= 15 is 0 Å². The minimum absolute atomic E-state index is 0.140. The summed E-state index contributed by atoms with van der Waals surface area (Å²) >= 11 is 0. The summed E-state index contributed by atoms with van der Waals surface area (Å²) in [6, 6.07) is 9.49. The summed E-state index contributed by atoms with van der Waals surface area (Å²) in [7, 11) is 0. The summed E-state index contributed by atoms with van der Waals surface area (Å²) in [5, 5.41) is 0. The fourth-order valence-corrected chi connectivity index (χ4v) is 0.943. The summed E-state index contributed by atoms with van der Waals surface area (Å²) in [6.45, 7) is 3.82. The van der Waals surface area contributed by atoms with Crippen molar-refractivity contribution in [3.05, 3.63) is 35.9 Å². The molecular formula is C11H14O3. The van der Waals surface area contributed by atoms with Crippen LogP contribution in [-0.4, -0.2) is 12.3 Å². The van der Waals surface area contributed by atoms with E-state index < -0.39 is 6.16 Å². The standard InChI is InChI=1S/C11H14O3/c1-9(2)14-11(12)13-8-10-6-4-3-5-7-10/h3-7,9H,8H2,1-2H3. The first-order valence-electron chi connectivity index (χ1n) is 4.56.